The Kier molecular flexibility index (Phi) is 6.34. The van der Waals surface area contributed by atoms with Crippen molar-refractivity contribution in [2.45, 2.75) is 11.8 Å². The van der Waals surface area contributed by atoms with Gasteiger partial charge in [-0.2, -0.15) is 0 Å². The fourth-order valence-electron chi connectivity index (χ4n) is 1.27. The number of rotatable bonds is 7. The largest absolute Gasteiger partial charge is 0.454 e. The Bertz CT molecular complexity index is 435. The van der Waals surface area contributed by atoms with Crippen molar-refractivity contribution in [3.8, 4) is 0 Å². The van der Waals surface area contributed by atoms with Crippen LogP contribution in [0.2, 0.25) is 0 Å². The smallest absolute Gasteiger partial charge is 0.338 e. The molecule has 7 heteroatoms. The van der Waals surface area contributed by atoms with Crippen LogP contribution in [0, 0.1) is 0 Å². The topological polar surface area (TPSA) is 77.5 Å². The van der Waals surface area contributed by atoms with Crippen molar-refractivity contribution < 1.29 is 23.5 Å². The standard InChI is InChI=1S/C11H10O5P2/c12-5-6-16-11(13)9-3-1-8(2-4-9)7-10(17-14)18-15/h1-5,10H,6-7H2. The minimum atomic E-state index is -0.575. The maximum Gasteiger partial charge on any atom is 0.338 e. The number of carbonyl (C=O) groups excluding carboxylic acids is 2. The maximum atomic E-state index is 11.4. The molecule has 0 saturated carbocycles. The summed E-state index contributed by atoms with van der Waals surface area (Å²) in [6.07, 6.45) is 0.886. The van der Waals surface area contributed by atoms with Gasteiger partial charge in [0.25, 0.3) is 0 Å². The molecular weight excluding hydrogens is 274 g/mol. The predicted molar refractivity (Wildman–Crippen MR) is 65.5 cm³/mol. The van der Waals surface area contributed by atoms with Gasteiger partial charge in [-0.3, -0.25) is 13.9 Å². The van der Waals surface area contributed by atoms with Crippen molar-refractivity contribution in [2.75, 3.05) is 6.61 Å². The van der Waals surface area contributed by atoms with E-state index in [9.17, 15) is 18.7 Å². The molecular formula is C11H10O5P2. The van der Waals surface area contributed by atoms with Crippen LogP contribution in [0.3, 0.4) is 0 Å². The van der Waals surface area contributed by atoms with Gasteiger partial charge in [0.05, 0.1) is 5.56 Å². The van der Waals surface area contributed by atoms with Gasteiger partial charge >= 0.3 is 5.97 Å². The molecule has 0 aromatic heterocycles. The zero-order valence-corrected chi connectivity index (χ0v) is 11.1. The summed E-state index contributed by atoms with van der Waals surface area (Å²) in [5.41, 5.74) is 1.15. The monoisotopic (exact) mass is 284 g/mol. The SMILES string of the molecule is O=CCOC(=O)c1ccc(CC(P=O)P=O)cc1. The first-order valence-corrected chi connectivity index (χ1v) is 6.82. The number of ether oxygens (including phenoxy) is 1. The van der Waals surface area contributed by atoms with E-state index < -0.39 is 11.4 Å². The third-order valence-electron chi connectivity index (χ3n) is 2.13. The average molecular weight is 284 g/mol. The number of benzene rings is 1. The second-order valence-electron chi connectivity index (χ2n) is 3.36. The Labute approximate surface area is 107 Å². The van der Waals surface area contributed by atoms with E-state index in [1.165, 1.54) is 0 Å². The fourth-order valence-corrected chi connectivity index (χ4v) is 2.00. The van der Waals surface area contributed by atoms with Crippen molar-refractivity contribution in [3.05, 3.63) is 35.4 Å². The number of carbonyl (C=O) groups is 2. The van der Waals surface area contributed by atoms with E-state index in [4.69, 9.17) is 0 Å². The highest BCUT2D eigenvalue weighted by molar-refractivity contribution is 7.44. The van der Waals surface area contributed by atoms with Crippen LogP contribution in [0.25, 0.3) is 0 Å². The van der Waals surface area contributed by atoms with Gasteiger partial charge in [0, 0.05) is 0 Å². The summed E-state index contributed by atoms with van der Waals surface area (Å²) in [6.45, 7) is -0.271. The molecule has 0 saturated heterocycles. The van der Waals surface area contributed by atoms with E-state index in [0.29, 0.717) is 18.3 Å². The Morgan fingerprint density at radius 3 is 2.33 bits per heavy atom. The van der Waals surface area contributed by atoms with Gasteiger partial charge in [-0.25, -0.2) is 4.79 Å². The lowest BCUT2D eigenvalue weighted by atomic mass is 10.1. The van der Waals surface area contributed by atoms with Crippen LogP contribution in [-0.4, -0.2) is 24.3 Å². The summed E-state index contributed by atoms with van der Waals surface area (Å²) in [7, 11) is -0.357. The second-order valence-corrected chi connectivity index (χ2v) is 5.43. The van der Waals surface area contributed by atoms with Crippen LogP contribution in [0.15, 0.2) is 24.3 Å². The molecule has 0 aliphatic carbocycles. The Balaban J connectivity index is 2.67. The normalized spacial score (nSPS) is 12.2. The molecule has 5 nitrogen and oxygen atoms in total. The summed E-state index contributed by atoms with van der Waals surface area (Å²) in [5, 5.41) is -0.474. The van der Waals surface area contributed by atoms with Crippen molar-refractivity contribution in [2.24, 2.45) is 0 Å². The number of esters is 1. The Morgan fingerprint density at radius 1 is 1.22 bits per heavy atom. The third kappa shape index (κ3) is 4.44. The van der Waals surface area contributed by atoms with Crippen molar-refractivity contribution in [1.82, 2.24) is 0 Å². The van der Waals surface area contributed by atoms with Gasteiger partial charge in [0.1, 0.15) is 12.0 Å². The minimum absolute atomic E-state index is 0.179. The number of hydrogen-bond donors (Lipinski definition) is 0. The molecule has 0 bridgehead atoms. The van der Waals surface area contributed by atoms with Crippen molar-refractivity contribution in [3.63, 3.8) is 0 Å². The molecule has 0 fully saturated rings. The van der Waals surface area contributed by atoms with Crippen LogP contribution in [-0.2, 0) is 25.1 Å². The summed E-state index contributed by atoms with van der Waals surface area (Å²) in [6, 6.07) is 6.42. The van der Waals surface area contributed by atoms with Crippen molar-refractivity contribution in [1.29, 1.82) is 0 Å². The van der Waals surface area contributed by atoms with E-state index in [0.717, 1.165) is 5.56 Å². The molecule has 0 amide bonds. The molecule has 18 heavy (non-hydrogen) atoms. The zero-order chi connectivity index (χ0) is 13.4. The molecule has 0 radical (unpaired) electrons. The number of aldehydes is 1. The van der Waals surface area contributed by atoms with Crippen LogP contribution in [0.5, 0.6) is 0 Å². The maximum absolute atomic E-state index is 11.4. The van der Waals surface area contributed by atoms with Crippen LogP contribution in [0.4, 0.5) is 0 Å². The Morgan fingerprint density at radius 2 is 1.83 bits per heavy atom. The summed E-state index contributed by atoms with van der Waals surface area (Å²) >= 11 is 0. The summed E-state index contributed by atoms with van der Waals surface area (Å²) < 4.78 is 25.9. The zero-order valence-electron chi connectivity index (χ0n) is 9.31. The van der Waals surface area contributed by atoms with Crippen molar-refractivity contribution >= 4 is 29.2 Å². The van der Waals surface area contributed by atoms with Gasteiger partial charge in [-0.05, 0) is 24.1 Å². The lowest BCUT2D eigenvalue weighted by molar-refractivity contribution is -0.110. The molecule has 1 aromatic rings. The lowest BCUT2D eigenvalue weighted by Gasteiger charge is -2.04. The quantitative estimate of drug-likeness (QED) is 0.436. The molecule has 0 aliphatic heterocycles. The highest BCUT2D eigenvalue weighted by atomic mass is 31.1. The molecule has 0 atom stereocenters. The summed E-state index contributed by atoms with van der Waals surface area (Å²) in [5.74, 6) is -0.575. The first-order chi connectivity index (χ1) is 8.71. The third-order valence-corrected chi connectivity index (χ3v) is 3.55. The fraction of sp³-hybridized carbons (Fsp3) is 0.273. The highest BCUT2D eigenvalue weighted by Crippen LogP contribution is 2.23. The van der Waals surface area contributed by atoms with Gasteiger partial charge in [-0.1, -0.05) is 12.1 Å². The van der Waals surface area contributed by atoms with E-state index in [2.05, 4.69) is 4.74 Å². The summed E-state index contributed by atoms with van der Waals surface area (Å²) in [4.78, 5) is 21.4. The number of hydrogen-bond acceptors (Lipinski definition) is 5. The highest BCUT2D eigenvalue weighted by Gasteiger charge is 2.11. The minimum Gasteiger partial charge on any atom is -0.454 e. The molecule has 0 heterocycles. The molecule has 1 rings (SSSR count). The lowest BCUT2D eigenvalue weighted by Crippen LogP contribution is -2.07. The van der Waals surface area contributed by atoms with Gasteiger partial charge in [0.2, 0.25) is 0 Å². The second kappa shape index (κ2) is 7.80. The van der Waals surface area contributed by atoms with Crippen LogP contribution >= 0.6 is 16.9 Å². The average Bonchev–Trinajstić information content (AvgIpc) is 2.42. The first kappa shape index (κ1) is 14.6. The molecule has 1 aromatic carbocycles. The molecule has 0 spiro atoms. The predicted octanol–water partition coefficient (Wildman–Crippen LogP) is 2.49. The van der Waals surface area contributed by atoms with Crippen LogP contribution in [0.1, 0.15) is 15.9 Å². The molecule has 94 valence electrons. The van der Waals surface area contributed by atoms with Gasteiger partial charge in [0.15, 0.2) is 23.2 Å². The molecule has 0 aliphatic rings. The van der Waals surface area contributed by atoms with E-state index in [1.807, 2.05) is 0 Å². The van der Waals surface area contributed by atoms with Gasteiger partial charge < -0.3 is 4.74 Å². The van der Waals surface area contributed by atoms with E-state index >= 15 is 0 Å². The Hall–Kier alpha value is -1.44. The first-order valence-electron chi connectivity index (χ1n) is 5.06. The molecule has 0 N–H and O–H groups in total. The van der Waals surface area contributed by atoms with E-state index in [1.54, 1.807) is 24.3 Å². The van der Waals surface area contributed by atoms with E-state index in [-0.39, 0.29) is 23.5 Å². The molecule has 0 unspecified atom stereocenters. The van der Waals surface area contributed by atoms with Crippen LogP contribution < -0.4 is 0 Å². The van der Waals surface area contributed by atoms with Gasteiger partial charge in [-0.15, -0.1) is 0 Å².